The average Bonchev–Trinajstić information content (AvgIpc) is 3.42. The van der Waals surface area contributed by atoms with Gasteiger partial charge in [-0.15, -0.1) is 0 Å². The number of aliphatic imine (C=N–C) groups is 1. The van der Waals surface area contributed by atoms with E-state index in [0.717, 1.165) is 49.7 Å². The molecule has 1 atom stereocenters. The molecule has 1 aromatic heterocycles. The molecule has 156 valence electrons. The first-order valence-corrected chi connectivity index (χ1v) is 10.6. The van der Waals surface area contributed by atoms with Crippen LogP contribution in [0, 0.1) is 0 Å². The average molecular weight is 398 g/mol. The van der Waals surface area contributed by atoms with Crippen molar-refractivity contribution in [3.8, 4) is 5.75 Å². The number of rotatable bonds is 7. The van der Waals surface area contributed by atoms with Crippen molar-refractivity contribution in [2.45, 2.75) is 56.8 Å². The lowest BCUT2D eigenvalue weighted by atomic mass is 9.86. The molecule has 2 aromatic rings. The fourth-order valence-corrected chi connectivity index (χ4v) is 4.38. The maximum absolute atomic E-state index is 6.46. The Morgan fingerprint density at radius 1 is 1.21 bits per heavy atom. The van der Waals surface area contributed by atoms with Gasteiger partial charge in [0.25, 0.3) is 0 Å². The van der Waals surface area contributed by atoms with E-state index in [2.05, 4.69) is 39.9 Å². The number of hydrogen-bond donors (Lipinski definition) is 2. The predicted octanol–water partition coefficient (Wildman–Crippen LogP) is 4.19. The predicted molar refractivity (Wildman–Crippen MR) is 113 cm³/mol. The molecule has 1 fully saturated rings. The molecule has 1 aromatic carbocycles. The highest BCUT2D eigenvalue weighted by Gasteiger charge is 2.43. The van der Waals surface area contributed by atoms with Crippen LogP contribution >= 0.6 is 0 Å². The van der Waals surface area contributed by atoms with E-state index in [9.17, 15) is 0 Å². The van der Waals surface area contributed by atoms with Gasteiger partial charge < -0.3 is 24.5 Å². The van der Waals surface area contributed by atoms with Gasteiger partial charge >= 0.3 is 0 Å². The molecule has 6 heteroatoms. The van der Waals surface area contributed by atoms with Crippen LogP contribution in [-0.2, 0) is 11.3 Å². The molecule has 1 aliphatic heterocycles. The second-order valence-corrected chi connectivity index (χ2v) is 7.92. The molecule has 0 saturated heterocycles. The van der Waals surface area contributed by atoms with Gasteiger partial charge in [0.1, 0.15) is 23.7 Å². The highest BCUT2D eigenvalue weighted by molar-refractivity contribution is 5.80. The van der Waals surface area contributed by atoms with Crippen LogP contribution in [0.1, 0.15) is 55.9 Å². The molecule has 29 heavy (non-hydrogen) atoms. The van der Waals surface area contributed by atoms with E-state index in [1.54, 1.807) is 6.26 Å². The molecule has 1 saturated carbocycles. The smallest absolute Gasteiger partial charge is 0.191 e. The van der Waals surface area contributed by atoms with E-state index in [1.165, 1.54) is 18.4 Å². The third kappa shape index (κ3) is 4.93. The lowest BCUT2D eigenvalue weighted by Gasteiger charge is -2.40. The van der Waals surface area contributed by atoms with Gasteiger partial charge in [-0.1, -0.05) is 18.2 Å². The van der Waals surface area contributed by atoms with Crippen molar-refractivity contribution in [2.24, 2.45) is 4.99 Å². The Hall–Kier alpha value is -2.47. The number of nitrogens with zero attached hydrogens (tertiary/aromatic N) is 1. The van der Waals surface area contributed by atoms with Crippen molar-refractivity contribution in [1.82, 2.24) is 10.6 Å². The Labute approximate surface area is 172 Å². The van der Waals surface area contributed by atoms with Gasteiger partial charge in [0.15, 0.2) is 5.96 Å². The van der Waals surface area contributed by atoms with Crippen LogP contribution in [0.4, 0.5) is 0 Å². The molecule has 6 nitrogen and oxygen atoms in total. The van der Waals surface area contributed by atoms with Gasteiger partial charge in [-0.05, 0) is 50.3 Å². The minimum absolute atomic E-state index is 0.0233. The van der Waals surface area contributed by atoms with Gasteiger partial charge in [-0.2, -0.15) is 0 Å². The van der Waals surface area contributed by atoms with E-state index in [0.29, 0.717) is 13.2 Å². The Morgan fingerprint density at radius 3 is 2.86 bits per heavy atom. The molecule has 1 unspecified atom stereocenters. The molecule has 1 spiro atoms. The van der Waals surface area contributed by atoms with Crippen LogP contribution in [0.25, 0.3) is 0 Å². The standard InChI is InChI=1S/C23H31N3O3/c1-24-22(25-13-7-14-27-17-18-8-6-15-28-18)26-20-16-23(11-4-5-12-23)29-21-10-3-2-9-19(20)21/h2-3,6,8-10,15,20H,4-5,7,11-14,16-17H2,1H3,(H2,24,25,26). The number of nitrogens with one attached hydrogen (secondary N) is 2. The van der Waals surface area contributed by atoms with Gasteiger partial charge in [0, 0.05) is 32.2 Å². The zero-order valence-corrected chi connectivity index (χ0v) is 17.2. The lowest BCUT2D eigenvalue weighted by molar-refractivity contribution is 0.0396. The second-order valence-electron chi connectivity index (χ2n) is 7.92. The molecule has 2 heterocycles. The minimum atomic E-state index is -0.0233. The first-order valence-electron chi connectivity index (χ1n) is 10.6. The molecule has 2 N–H and O–H groups in total. The van der Waals surface area contributed by atoms with E-state index >= 15 is 0 Å². The van der Waals surface area contributed by atoms with Crippen LogP contribution in [-0.4, -0.2) is 31.8 Å². The number of furan rings is 1. The van der Waals surface area contributed by atoms with Gasteiger partial charge in [0.2, 0.25) is 0 Å². The molecule has 2 aliphatic rings. The van der Waals surface area contributed by atoms with E-state index in [-0.39, 0.29) is 11.6 Å². The third-order valence-electron chi connectivity index (χ3n) is 5.83. The SMILES string of the molecule is CN=C(NCCCOCc1ccco1)NC1CC2(CCCC2)Oc2ccccc21. The number of fused-ring (bicyclic) bond motifs is 1. The number of benzene rings is 1. The summed E-state index contributed by atoms with van der Waals surface area (Å²) in [5.74, 6) is 2.69. The summed E-state index contributed by atoms with van der Waals surface area (Å²) in [5.41, 5.74) is 1.19. The lowest BCUT2D eigenvalue weighted by Crippen LogP contribution is -2.46. The largest absolute Gasteiger partial charge is 0.487 e. The van der Waals surface area contributed by atoms with Crippen molar-refractivity contribution >= 4 is 5.96 Å². The van der Waals surface area contributed by atoms with Crippen LogP contribution in [0.5, 0.6) is 5.75 Å². The summed E-state index contributed by atoms with van der Waals surface area (Å²) in [5, 5.41) is 7.04. The topological polar surface area (TPSA) is 68.0 Å². The van der Waals surface area contributed by atoms with Crippen molar-refractivity contribution in [2.75, 3.05) is 20.2 Å². The van der Waals surface area contributed by atoms with Crippen LogP contribution < -0.4 is 15.4 Å². The zero-order chi connectivity index (χ0) is 19.9. The molecule has 0 amide bonds. The second kappa shape index (κ2) is 9.35. The van der Waals surface area contributed by atoms with Crippen LogP contribution in [0.15, 0.2) is 52.1 Å². The van der Waals surface area contributed by atoms with Crippen molar-refractivity contribution in [3.63, 3.8) is 0 Å². The summed E-state index contributed by atoms with van der Waals surface area (Å²) in [4.78, 5) is 4.43. The highest BCUT2D eigenvalue weighted by Crippen LogP contribution is 2.46. The van der Waals surface area contributed by atoms with Crippen LogP contribution in [0.3, 0.4) is 0 Å². The van der Waals surface area contributed by atoms with E-state index in [1.807, 2.05) is 19.2 Å². The van der Waals surface area contributed by atoms with E-state index in [4.69, 9.17) is 13.9 Å². The summed E-state index contributed by atoms with van der Waals surface area (Å²) in [7, 11) is 1.82. The monoisotopic (exact) mass is 397 g/mol. The molecular formula is C23H31N3O3. The number of hydrogen-bond acceptors (Lipinski definition) is 4. The Bertz CT molecular complexity index is 797. The highest BCUT2D eigenvalue weighted by atomic mass is 16.5. The van der Waals surface area contributed by atoms with Gasteiger partial charge in [-0.25, -0.2) is 0 Å². The van der Waals surface area contributed by atoms with Crippen molar-refractivity contribution in [3.05, 3.63) is 54.0 Å². The fraction of sp³-hybridized carbons (Fsp3) is 0.522. The fourth-order valence-electron chi connectivity index (χ4n) is 4.38. The summed E-state index contributed by atoms with van der Waals surface area (Å²) >= 11 is 0. The minimum Gasteiger partial charge on any atom is -0.487 e. The number of ether oxygens (including phenoxy) is 2. The summed E-state index contributed by atoms with van der Waals surface area (Å²) in [6.45, 7) is 1.99. The molecule has 0 radical (unpaired) electrons. The molecule has 0 bridgehead atoms. The first-order chi connectivity index (χ1) is 14.3. The Balaban J connectivity index is 1.28. The zero-order valence-electron chi connectivity index (χ0n) is 17.2. The number of guanidine groups is 1. The quantitative estimate of drug-likeness (QED) is 0.417. The summed E-state index contributed by atoms with van der Waals surface area (Å²) in [6, 6.07) is 12.4. The van der Waals surface area contributed by atoms with Gasteiger partial charge in [0.05, 0.1) is 12.3 Å². The Morgan fingerprint density at radius 2 is 2.07 bits per heavy atom. The van der Waals surface area contributed by atoms with Crippen LogP contribution in [0.2, 0.25) is 0 Å². The summed E-state index contributed by atoms with van der Waals surface area (Å²) < 4.78 is 17.4. The Kier molecular flexibility index (Phi) is 6.39. The third-order valence-corrected chi connectivity index (χ3v) is 5.83. The molecular weight excluding hydrogens is 366 g/mol. The van der Waals surface area contributed by atoms with Crippen molar-refractivity contribution < 1.29 is 13.9 Å². The van der Waals surface area contributed by atoms with E-state index < -0.39 is 0 Å². The maximum atomic E-state index is 6.46. The molecule has 1 aliphatic carbocycles. The van der Waals surface area contributed by atoms with Crippen molar-refractivity contribution in [1.29, 1.82) is 0 Å². The maximum Gasteiger partial charge on any atom is 0.191 e. The first kappa shape index (κ1) is 19.8. The summed E-state index contributed by atoms with van der Waals surface area (Å²) in [6.07, 6.45) is 8.32. The van der Waals surface area contributed by atoms with Gasteiger partial charge in [-0.3, -0.25) is 4.99 Å². The number of para-hydroxylation sites is 1. The molecule has 4 rings (SSSR count). The normalized spacial score (nSPS) is 20.3.